The Hall–Kier alpha value is -3.19. The molecule has 0 bridgehead atoms. The summed E-state index contributed by atoms with van der Waals surface area (Å²) in [4.78, 5) is 24.2. The lowest BCUT2D eigenvalue weighted by molar-refractivity contribution is -0.123. The van der Waals surface area contributed by atoms with E-state index in [0.717, 1.165) is 46.0 Å². The number of aromatic nitrogens is 3. The highest BCUT2D eigenvalue weighted by atomic mass is 32.1. The number of carbonyl (C=O) groups excluding carboxylic acids is 1. The third-order valence-electron chi connectivity index (χ3n) is 4.55. The maximum atomic E-state index is 12.2. The number of nitrogens with zero attached hydrogens (tertiary/aromatic N) is 2. The lowest BCUT2D eigenvalue weighted by Gasteiger charge is -2.11. The van der Waals surface area contributed by atoms with Gasteiger partial charge in [0.1, 0.15) is 11.6 Å². The minimum atomic E-state index is -0.143. The monoisotopic (exact) mass is 406 g/mol. The zero-order valence-corrected chi connectivity index (χ0v) is 16.7. The van der Waals surface area contributed by atoms with Crippen molar-refractivity contribution >= 4 is 28.3 Å². The molecule has 2 N–H and O–H groups in total. The second kappa shape index (κ2) is 9.34. The van der Waals surface area contributed by atoms with Gasteiger partial charge in [-0.2, -0.15) is 0 Å². The van der Waals surface area contributed by atoms with Gasteiger partial charge in [0.05, 0.1) is 16.0 Å². The van der Waals surface area contributed by atoms with Gasteiger partial charge in [-0.1, -0.05) is 30.3 Å². The highest BCUT2D eigenvalue weighted by Crippen LogP contribution is 2.20. The minimum absolute atomic E-state index is 0.00556. The molecule has 2 aromatic heterocycles. The lowest BCUT2D eigenvalue weighted by Crippen LogP contribution is -2.30. The number of benzene rings is 2. The smallest absolute Gasteiger partial charge is 0.257 e. The normalized spacial score (nSPS) is 10.9. The van der Waals surface area contributed by atoms with Crippen LogP contribution in [-0.4, -0.2) is 34.0 Å². The largest absolute Gasteiger partial charge is 0.483 e. The fourth-order valence-electron chi connectivity index (χ4n) is 3.11. The SMILES string of the molecule is O=C(COc1ccccc1CCc1nccs1)NCCc1nc2ccccc2[nH]1. The summed E-state index contributed by atoms with van der Waals surface area (Å²) in [6.45, 7) is 0.502. The highest BCUT2D eigenvalue weighted by molar-refractivity contribution is 7.09. The van der Waals surface area contributed by atoms with Crippen LogP contribution in [-0.2, 0) is 24.1 Å². The number of thiazole rings is 1. The van der Waals surface area contributed by atoms with Crippen molar-refractivity contribution in [1.29, 1.82) is 0 Å². The summed E-state index contributed by atoms with van der Waals surface area (Å²) in [5.41, 5.74) is 3.02. The Morgan fingerprint density at radius 2 is 1.93 bits per heavy atom. The number of nitrogens with one attached hydrogen (secondary N) is 2. The topological polar surface area (TPSA) is 79.9 Å². The number of rotatable bonds is 9. The van der Waals surface area contributed by atoms with Crippen LogP contribution >= 0.6 is 11.3 Å². The predicted molar refractivity (Wildman–Crippen MR) is 114 cm³/mol. The van der Waals surface area contributed by atoms with Crippen molar-refractivity contribution in [3.8, 4) is 5.75 Å². The second-order valence-corrected chi connectivity index (χ2v) is 7.60. The van der Waals surface area contributed by atoms with Crippen molar-refractivity contribution in [2.45, 2.75) is 19.3 Å². The maximum Gasteiger partial charge on any atom is 0.257 e. The summed E-state index contributed by atoms with van der Waals surface area (Å²) in [6, 6.07) is 15.7. The molecular formula is C22H22N4O2S. The third-order valence-corrected chi connectivity index (χ3v) is 5.38. The van der Waals surface area contributed by atoms with Crippen LogP contribution in [0.4, 0.5) is 0 Å². The summed E-state index contributed by atoms with van der Waals surface area (Å²) >= 11 is 1.65. The number of para-hydroxylation sites is 3. The number of aryl methyl sites for hydroxylation is 2. The number of hydrogen-bond acceptors (Lipinski definition) is 5. The molecule has 4 rings (SSSR count). The molecule has 4 aromatic rings. The van der Waals surface area contributed by atoms with E-state index in [-0.39, 0.29) is 12.5 Å². The summed E-state index contributed by atoms with van der Waals surface area (Å²) in [5.74, 6) is 1.47. The molecule has 0 radical (unpaired) electrons. The van der Waals surface area contributed by atoms with Crippen LogP contribution < -0.4 is 10.1 Å². The summed E-state index contributed by atoms with van der Waals surface area (Å²) in [7, 11) is 0. The summed E-state index contributed by atoms with van der Waals surface area (Å²) in [5, 5.41) is 5.97. The van der Waals surface area contributed by atoms with Crippen LogP contribution in [0.3, 0.4) is 0 Å². The van der Waals surface area contributed by atoms with Crippen molar-refractivity contribution in [2.75, 3.05) is 13.2 Å². The average molecular weight is 407 g/mol. The second-order valence-electron chi connectivity index (χ2n) is 6.62. The van der Waals surface area contributed by atoms with E-state index in [1.165, 1.54) is 0 Å². The number of hydrogen-bond donors (Lipinski definition) is 2. The molecule has 148 valence electrons. The fraction of sp³-hybridized carbons (Fsp3) is 0.227. The fourth-order valence-corrected chi connectivity index (χ4v) is 3.73. The Labute approximate surface area is 173 Å². The van der Waals surface area contributed by atoms with E-state index in [1.807, 2.05) is 60.1 Å². The zero-order chi connectivity index (χ0) is 19.9. The van der Waals surface area contributed by atoms with Gasteiger partial charge in [-0.3, -0.25) is 4.79 Å². The van der Waals surface area contributed by atoms with Gasteiger partial charge in [0.2, 0.25) is 0 Å². The van der Waals surface area contributed by atoms with E-state index in [9.17, 15) is 4.79 Å². The Bertz CT molecular complexity index is 1040. The molecule has 0 saturated carbocycles. The van der Waals surface area contributed by atoms with Crippen molar-refractivity contribution in [3.63, 3.8) is 0 Å². The molecule has 0 fully saturated rings. The molecule has 7 heteroatoms. The molecule has 2 aromatic carbocycles. The van der Waals surface area contributed by atoms with Gasteiger partial charge in [-0.05, 0) is 30.2 Å². The van der Waals surface area contributed by atoms with Crippen LogP contribution in [0.2, 0.25) is 0 Å². The Morgan fingerprint density at radius 3 is 2.79 bits per heavy atom. The van der Waals surface area contributed by atoms with Gasteiger partial charge in [-0.15, -0.1) is 11.3 Å². The molecule has 1 amide bonds. The first kappa shape index (κ1) is 19.1. The molecule has 0 aliphatic rings. The van der Waals surface area contributed by atoms with Gasteiger partial charge in [-0.25, -0.2) is 9.97 Å². The van der Waals surface area contributed by atoms with Crippen LogP contribution in [0, 0.1) is 0 Å². The first-order valence-corrected chi connectivity index (χ1v) is 10.5. The molecular weight excluding hydrogens is 384 g/mol. The van der Waals surface area contributed by atoms with Gasteiger partial charge in [0, 0.05) is 31.0 Å². The number of ether oxygens (including phenoxy) is 1. The molecule has 0 saturated heterocycles. The van der Waals surface area contributed by atoms with Crippen LogP contribution in [0.5, 0.6) is 5.75 Å². The van der Waals surface area contributed by atoms with Gasteiger partial charge in [0.15, 0.2) is 6.61 Å². The van der Waals surface area contributed by atoms with E-state index in [1.54, 1.807) is 11.3 Å². The molecule has 0 atom stereocenters. The molecule has 0 aliphatic carbocycles. The van der Waals surface area contributed by atoms with E-state index < -0.39 is 0 Å². The number of fused-ring (bicyclic) bond motifs is 1. The van der Waals surface area contributed by atoms with Crippen molar-refractivity contribution in [2.24, 2.45) is 0 Å². The molecule has 0 spiro atoms. The standard InChI is InChI=1S/C22H22N4O2S/c27-21(23-12-11-20-25-17-6-2-3-7-18(17)26-20)15-28-19-8-4-1-5-16(19)9-10-22-24-13-14-29-22/h1-8,13-14H,9-12,15H2,(H,23,27)(H,25,26). The quantitative estimate of drug-likeness (QED) is 0.446. The number of carbonyl (C=O) groups is 1. The summed E-state index contributed by atoms with van der Waals surface area (Å²) in [6.07, 6.45) is 4.15. The first-order valence-electron chi connectivity index (χ1n) is 9.57. The Kier molecular flexibility index (Phi) is 6.16. The molecule has 2 heterocycles. The van der Waals surface area contributed by atoms with Crippen LogP contribution in [0.1, 0.15) is 16.4 Å². The van der Waals surface area contributed by atoms with Gasteiger partial charge < -0.3 is 15.0 Å². The molecule has 0 aliphatic heterocycles. The lowest BCUT2D eigenvalue weighted by atomic mass is 10.1. The van der Waals surface area contributed by atoms with E-state index >= 15 is 0 Å². The van der Waals surface area contributed by atoms with Crippen LogP contribution in [0.25, 0.3) is 11.0 Å². The predicted octanol–water partition coefficient (Wildman–Crippen LogP) is 3.54. The Balaban J connectivity index is 1.24. The maximum absolute atomic E-state index is 12.2. The van der Waals surface area contributed by atoms with Crippen molar-refractivity contribution < 1.29 is 9.53 Å². The average Bonchev–Trinajstić information content (AvgIpc) is 3.40. The van der Waals surface area contributed by atoms with Crippen molar-refractivity contribution in [3.05, 3.63) is 76.5 Å². The van der Waals surface area contributed by atoms with E-state index in [2.05, 4.69) is 20.3 Å². The number of imidazole rings is 1. The number of amides is 1. The molecule has 0 unspecified atom stereocenters. The van der Waals surface area contributed by atoms with E-state index in [4.69, 9.17) is 4.74 Å². The van der Waals surface area contributed by atoms with Gasteiger partial charge in [0.25, 0.3) is 5.91 Å². The Morgan fingerprint density at radius 1 is 1.07 bits per heavy atom. The van der Waals surface area contributed by atoms with Crippen molar-refractivity contribution in [1.82, 2.24) is 20.3 Å². The van der Waals surface area contributed by atoms with Crippen LogP contribution in [0.15, 0.2) is 60.1 Å². The first-order chi connectivity index (χ1) is 14.3. The van der Waals surface area contributed by atoms with Gasteiger partial charge >= 0.3 is 0 Å². The molecule has 29 heavy (non-hydrogen) atoms. The molecule has 6 nitrogen and oxygen atoms in total. The highest BCUT2D eigenvalue weighted by Gasteiger charge is 2.08. The van der Waals surface area contributed by atoms with E-state index in [0.29, 0.717) is 13.0 Å². The number of H-pyrrole nitrogens is 1. The summed E-state index contributed by atoms with van der Waals surface area (Å²) < 4.78 is 5.77. The zero-order valence-electron chi connectivity index (χ0n) is 15.9. The third kappa shape index (κ3) is 5.20. The minimum Gasteiger partial charge on any atom is -0.483 e. The number of aromatic amines is 1.